The molecule has 0 amide bonds. The smallest absolute Gasteiger partial charge is 0.346 e. The number of rotatable bonds is 7. The molecule has 8 nitrogen and oxygen atoms in total. The van der Waals surface area contributed by atoms with Crippen molar-refractivity contribution in [2.75, 3.05) is 28.4 Å². The summed E-state index contributed by atoms with van der Waals surface area (Å²) in [5.74, 6) is 1.45. The van der Waals surface area contributed by atoms with Gasteiger partial charge in [0.2, 0.25) is 11.5 Å². The van der Waals surface area contributed by atoms with Crippen molar-refractivity contribution in [3.63, 3.8) is 0 Å². The minimum Gasteiger partial charge on any atom is -0.493 e. The largest absolute Gasteiger partial charge is 0.493 e. The fourth-order valence-electron chi connectivity index (χ4n) is 2.99. The van der Waals surface area contributed by atoms with Crippen molar-refractivity contribution in [2.45, 2.75) is 13.0 Å². The number of hydrogen-bond acceptors (Lipinski definition) is 8. The summed E-state index contributed by atoms with van der Waals surface area (Å²) in [6.07, 6.45) is 0.795. The summed E-state index contributed by atoms with van der Waals surface area (Å²) in [7, 11) is 5.82. The molecule has 0 aliphatic carbocycles. The second-order valence-corrected chi connectivity index (χ2v) is 6.34. The van der Waals surface area contributed by atoms with Crippen LogP contribution in [0.25, 0.3) is 6.08 Å². The second kappa shape index (κ2) is 8.77. The molecule has 0 aromatic heterocycles. The molecular weight excluding hydrogens is 392 g/mol. The van der Waals surface area contributed by atoms with E-state index in [4.69, 9.17) is 23.7 Å². The van der Waals surface area contributed by atoms with E-state index in [1.807, 2.05) is 0 Å². The number of carbonyl (C=O) groups is 2. The second-order valence-electron chi connectivity index (χ2n) is 6.34. The van der Waals surface area contributed by atoms with Crippen LogP contribution in [0, 0.1) is 0 Å². The van der Waals surface area contributed by atoms with Crippen molar-refractivity contribution in [3.05, 3.63) is 47.2 Å². The van der Waals surface area contributed by atoms with Crippen LogP contribution in [-0.2, 0) is 9.53 Å². The predicted octanol–water partition coefficient (Wildman–Crippen LogP) is 3.27. The van der Waals surface area contributed by atoms with Crippen molar-refractivity contribution >= 4 is 17.8 Å². The molecule has 0 unspecified atom stereocenters. The molecule has 3 rings (SSSR count). The maximum absolute atomic E-state index is 12.7. The van der Waals surface area contributed by atoms with Crippen molar-refractivity contribution in [3.8, 4) is 28.7 Å². The van der Waals surface area contributed by atoms with E-state index in [1.165, 1.54) is 28.4 Å². The number of ether oxygens (including phenoxy) is 6. The van der Waals surface area contributed by atoms with Gasteiger partial charge >= 0.3 is 5.97 Å². The first-order valence-corrected chi connectivity index (χ1v) is 9.04. The minimum absolute atomic E-state index is 0.137. The average Bonchev–Trinajstić information content (AvgIpc) is 3.06. The van der Waals surface area contributed by atoms with Gasteiger partial charge in [0.1, 0.15) is 11.5 Å². The summed E-state index contributed by atoms with van der Waals surface area (Å²) in [5, 5.41) is 0. The van der Waals surface area contributed by atoms with E-state index in [0.717, 1.165) is 0 Å². The fraction of sp³-hybridized carbons (Fsp3) is 0.273. The van der Waals surface area contributed by atoms with E-state index in [9.17, 15) is 9.59 Å². The number of ketones is 1. The Balaban J connectivity index is 1.89. The zero-order valence-electron chi connectivity index (χ0n) is 17.3. The van der Waals surface area contributed by atoms with Gasteiger partial charge in [0.05, 0.1) is 34.0 Å². The molecule has 30 heavy (non-hydrogen) atoms. The average molecular weight is 414 g/mol. The van der Waals surface area contributed by atoms with Crippen LogP contribution in [0.2, 0.25) is 0 Å². The first-order chi connectivity index (χ1) is 14.4. The standard InChI is InChI=1S/C22H22O8/c1-12(22(24)28-5)29-14-6-7-15-16(11-14)30-17(20(15)23)8-13-9-18(25-2)21(27-4)19(10-13)26-3/h6-12H,1-5H3/b17-8-/t12-/m0/s1. The number of hydrogen-bond donors (Lipinski definition) is 0. The topological polar surface area (TPSA) is 89.5 Å². The Morgan fingerprint density at radius 2 is 1.67 bits per heavy atom. The van der Waals surface area contributed by atoms with E-state index in [1.54, 1.807) is 43.3 Å². The highest BCUT2D eigenvalue weighted by Gasteiger charge is 2.28. The van der Waals surface area contributed by atoms with E-state index in [-0.39, 0.29) is 11.5 Å². The van der Waals surface area contributed by atoms with Crippen LogP contribution in [0.1, 0.15) is 22.8 Å². The van der Waals surface area contributed by atoms with Gasteiger partial charge in [-0.2, -0.15) is 0 Å². The summed E-state index contributed by atoms with van der Waals surface area (Å²) in [6, 6.07) is 8.17. The van der Waals surface area contributed by atoms with Crippen LogP contribution >= 0.6 is 0 Å². The summed E-state index contributed by atoms with van der Waals surface area (Å²) >= 11 is 0. The lowest BCUT2D eigenvalue weighted by molar-refractivity contribution is -0.147. The SMILES string of the molecule is COC(=O)[C@H](C)Oc1ccc2c(c1)O/C(=C\c1cc(OC)c(OC)c(OC)c1)C2=O. The highest BCUT2D eigenvalue weighted by Crippen LogP contribution is 2.40. The molecule has 0 spiro atoms. The van der Waals surface area contributed by atoms with Gasteiger partial charge in [-0.05, 0) is 42.8 Å². The molecule has 0 N–H and O–H groups in total. The molecule has 158 valence electrons. The third-order valence-electron chi connectivity index (χ3n) is 4.47. The van der Waals surface area contributed by atoms with Crippen LogP contribution in [0.3, 0.4) is 0 Å². The van der Waals surface area contributed by atoms with Crippen LogP contribution in [-0.4, -0.2) is 46.3 Å². The zero-order valence-corrected chi connectivity index (χ0v) is 17.3. The van der Waals surface area contributed by atoms with Gasteiger partial charge in [-0.25, -0.2) is 4.79 Å². The normalized spacial score (nSPS) is 14.6. The molecular formula is C22H22O8. The zero-order chi connectivity index (χ0) is 21.8. The number of Topliss-reactive ketones (excluding diaryl/α,β-unsaturated/α-hetero) is 1. The molecule has 0 bridgehead atoms. The molecule has 2 aromatic rings. The van der Waals surface area contributed by atoms with Gasteiger partial charge in [-0.3, -0.25) is 4.79 Å². The maximum Gasteiger partial charge on any atom is 0.346 e. The van der Waals surface area contributed by atoms with Gasteiger partial charge in [0.15, 0.2) is 23.4 Å². The Labute approximate surface area is 173 Å². The number of allylic oxidation sites excluding steroid dienone is 1. The molecule has 1 aliphatic rings. The highest BCUT2D eigenvalue weighted by molar-refractivity contribution is 6.14. The molecule has 1 heterocycles. The molecule has 0 radical (unpaired) electrons. The number of carbonyl (C=O) groups excluding carboxylic acids is 2. The van der Waals surface area contributed by atoms with Gasteiger partial charge in [0.25, 0.3) is 0 Å². The lowest BCUT2D eigenvalue weighted by atomic mass is 10.1. The quantitative estimate of drug-likeness (QED) is 0.504. The predicted molar refractivity (Wildman–Crippen MR) is 108 cm³/mol. The third kappa shape index (κ3) is 4.03. The summed E-state index contributed by atoms with van der Waals surface area (Å²) in [5.41, 5.74) is 1.03. The van der Waals surface area contributed by atoms with Gasteiger partial charge in [-0.1, -0.05) is 0 Å². The van der Waals surface area contributed by atoms with Crippen molar-refractivity contribution in [1.29, 1.82) is 0 Å². The van der Waals surface area contributed by atoms with E-state index in [0.29, 0.717) is 39.9 Å². The van der Waals surface area contributed by atoms with Gasteiger partial charge in [-0.15, -0.1) is 0 Å². The Morgan fingerprint density at radius 3 is 2.23 bits per heavy atom. The molecule has 0 fully saturated rings. The van der Waals surface area contributed by atoms with Crippen molar-refractivity contribution in [1.82, 2.24) is 0 Å². The van der Waals surface area contributed by atoms with Crippen molar-refractivity contribution in [2.24, 2.45) is 0 Å². The van der Waals surface area contributed by atoms with Gasteiger partial charge in [0, 0.05) is 6.07 Å². The molecule has 0 saturated heterocycles. The third-order valence-corrected chi connectivity index (χ3v) is 4.47. The van der Waals surface area contributed by atoms with Crippen LogP contribution in [0.15, 0.2) is 36.1 Å². The number of benzene rings is 2. The fourth-order valence-corrected chi connectivity index (χ4v) is 2.99. The maximum atomic E-state index is 12.7. The Morgan fingerprint density at radius 1 is 1.00 bits per heavy atom. The Bertz CT molecular complexity index is 983. The summed E-state index contributed by atoms with van der Waals surface area (Å²) < 4.78 is 31.9. The summed E-state index contributed by atoms with van der Waals surface area (Å²) in [4.78, 5) is 24.3. The lowest BCUT2D eigenvalue weighted by Gasteiger charge is -2.13. The number of esters is 1. The monoisotopic (exact) mass is 414 g/mol. The van der Waals surface area contributed by atoms with Gasteiger partial charge < -0.3 is 28.4 Å². The minimum atomic E-state index is -0.792. The van der Waals surface area contributed by atoms with E-state index >= 15 is 0 Å². The van der Waals surface area contributed by atoms with Crippen molar-refractivity contribution < 1.29 is 38.0 Å². The molecule has 1 aliphatic heterocycles. The highest BCUT2D eigenvalue weighted by atomic mass is 16.6. The molecule has 8 heteroatoms. The summed E-state index contributed by atoms with van der Waals surface area (Å²) in [6.45, 7) is 1.57. The molecule has 1 atom stereocenters. The first kappa shape index (κ1) is 21.0. The number of fused-ring (bicyclic) bond motifs is 1. The lowest BCUT2D eigenvalue weighted by Crippen LogP contribution is -2.24. The van der Waals surface area contributed by atoms with E-state index < -0.39 is 12.1 Å². The van der Waals surface area contributed by atoms with Crippen LogP contribution in [0.5, 0.6) is 28.7 Å². The van der Waals surface area contributed by atoms with Crippen LogP contribution in [0.4, 0.5) is 0 Å². The van der Waals surface area contributed by atoms with Crippen LogP contribution < -0.4 is 23.7 Å². The molecule has 0 saturated carbocycles. The Kier molecular flexibility index (Phi) is 6.15. The first-order valence-electron chi connectivity index (χ1n) is 9.04. The number of methoxy groups -OCH3 is 4. The molecule has 2 aromatic carbocycles. The Hall–Kier alpha value is -3.68. The van der Waals surface area contributed by atoms with E-state index in [2.05, 4.69) is 4.74 Å².